The molecule has 4 aromatic rings. The number of anilines is 1. The fourth-order valence-electron chi connectivity index (χ4n) is 3.73. The SMILES string of the molecule is Cc1cccc(NC(=O)/C(C#N)=C/c2cn(Cc3cccc(Cl)c3)c3ccccc23)c1C. The number of carbonyl (C=O) groups is 1. The van der Waals surface area contributed by atoms with Crippen LogP contribution in [0.2, 0.25) is 5.02 Å². The molecule has 0 radical (unpaired) electrons. The molecular weight excluding hydrogens is 418 g/mol. The molecule has 0 saturated heterocycles. The minimum atomic E-state index is -0.423. The number of fused-ring (bicyclic) bond motifs is 1. The molecule has 1 amide bonds. The summed E-state index contributed by atoms with van der Waals surface area (Å²) in [6.07, 6.45) is 3.62. The number of amides is 1. The largest absolute Gasteiger partial charge is 0.342 e. The molecule has 0 aliphatic carbocycles. The van der Waals surface area contributed by atoms with Crippen molar-refractivity contribution in [2.75, 3.05) is 5.32 Å². The molecule has 0 unspecified atom stereocenters. The first-order valence-corrected chi connectivity index (χ1v) is 10.7. The van der Waals surface area contributed by atoms with Crippen LogP contribution in [0.3, 0.4) is 0 Å². The zero-order valence-corrected chi connectivity index (χ0v) is 18.6. The Bertz CT molecular complexity index is 1390. The lowest BCUT2D eigenvalue weighted by atomic mass is 10.1. The van der Waals surface area contributed by atoms with Gasteiger partial charge in [-0.25, -0.2) is 0 Å². The molecule has 4 rings (SSSR count). The van der Waals surface area contributed by atoms with Crippen molar-refractivity contribution in [3.05, 3.63) is 106 Å². The number of hydrogen-bond donors (Lipinski definition) is 1. The molecule has 0 atom stereocenters. The van der Waals surface area contributed by atoms with E-state index < -0.39 is 5.91 Å². The van der Waals surface area contributed by atoms with E-state index in [0.29, 0.717) is 17.3 Å². The summed E-state index contributed by atoms with van der Waals surface area (Å²) >= 11 is 6.15. The summed E-state index contributed by atoms with van der Waals surface area (Å²) in [6, 6.07) is 23.4. The third kappa shape index (κ3) is 4.44. The van der Waals surface area contributed by atoms with Crippen molar-refractivity contribution in [1.29, 1.82) is 5.26 Å². The van der Waals surface area contributed by atoms with Gasteiger partial charge in [-0.05, 0) is 60.9 Å². The number of aromatic nitrogens is 1. The zero-order chi connectivity index (χ0) is 22.7. The lowest BCUT2D eigenvalue weighted by Gasteiger charge is -2.09. The number of benzene rings is 3. The zero-order valence-electron chi connectivity index (χ0n) is 17.9. The minimum absolute atomic E-state index is 0.0524. The average molecular weight is 440 g/mol. The maximum absolute atomic E-state index is 12.9. The summed E-state index contributed by atoms with van der Waals surface area (Å²) in [5.74, 6) is -0.423. The number of carbonyl (C=O) groups excluding carboxylic acids is 1. The van der Waals surface area contributed by atoms with Gasteiger partial charge in [0.05, 0.1) is 0 Å². The smallest absolute Gasteiger partial charge is 0.266 e. The molecule has 158 valence electrons. The molecule has 0 aliphatic heterocycles. The average Bonchev–Trinajstić information content (AvgIpc) is 3.12. The van der Waals surface area contributed by atoms with Gasteiger partial charge in [-0.2, -0.15) is 5.26 Å². The number of nitriles is 1. The van der Waals surface area contributed by atoms with Crippen LogP contribution in [0.25, 0.3) is 17.0 Å². The van der Waals surface area contributed by atoms with E-state index >= 15 is 0 Å². The van der Waals surface area contributed by atoms with E-state index in [1.807, 2.05) is 86.8 Å². The second-order valence-corrected chi connectivity index (χ2v) is 8.17. The first-order chi connectivity index (χ1) is 15.5. The van der Waals surface area contributed by atoms with E-state index in [2.05, 4.69) is 16.0 Å². The fraction of sp³-hybridized carbons (Fsp3) is 0.111. The highest BCUT2D eigenvalue weighted by atomic mass is 35.5. The van der Waals surface area contributed by atoms with E-state index in [9.17, 15) is 10.1 Å². The van der Waals surface area contributed by atoms with Gasteiger partial charge >= 0.3 is 0 Å². The van der Waals surface area contributed by atoms with Gasteiger partial charge in [0.25, 0.3) is 5.91 Å². The van der Waals surface area contributed by atoms with Crippen LogP contribution >= 0.6 is 11.6 Å². The lowest BCUT2D eigenvalue weighted by molar-refractivity contribution is -0.112. The second-order valence-electron chi connectivity index (χ2n) is 7.73. The third-order valence-corrected chi connectivity index (χ3v) is 5.81. The predicted octanol–water partition coefficient (Wildman–Crippen LogP) is 6.51. The molecule has 1 aromatic heterocycles. The molecule has 0 fully saturated rings. The molecule has 0 aliphatic rings. The van der Waals surface area contributed by atoms with Crippen molar-refractivity contribution in [2.24, 2.45) is 0 Å². The van der Waals surface area contributed by atoms with Gasteiger partial charge in [0.2, 0.25) is 0 Å². The van der Waals surface area contributed by atoms with Crippen LogP contribution in [0.15, 0.2) is 78.5 Å². The van der Waals surface area contributed by atoms with Gasteiger partial charge in [0, 0.05) is 39.9 Å². The Morgan fingerprint density at radius 3 is 2.66 bits per heavy atom. The number of nitrogens with zero attached hydrogens (tertiary/aromatic N) is 2. The summed E-state index contributed by atoms with van der Waals surface area (Å²) in [5, 5.41) is 14.2. The lowest BCUT2D eigenvalue weighted by Crippen LogP contribution is -2.14. The highest BCUT2D eigenvalue weighted by molar-refractivity contribution is 6.30. The number of hydrogen-bond acceptors (Lipinski definition) is 2. The molecule has 0 saturated carbocycles. The van der Waals surface area contributed by atoms with Crippen LogP contribution in [-0.4, -0.2) is 10.5 Å². The van der Waals surface area contributed by atoms with E-state index in [1.165, 1.54) is 0 Å². The van der Waals surface area contributed by atoms with Crippen molar-refractivity contribution in [3.63, 3.8) is 0 Å². The van der Waals surface area contributed by atoms with Gasteiger partial charge in [-0.15, -0.1) is 0 Å². The highest BCUT2D eigenvalue weighted by Crippen LogP contribution is 2.26. The number of halogens is 1. The molecule has 5 heteroatoms. The first kappa shape index (κ1) is 21.4. The summed E-state index contributed by atoms with van der Waals surface area (Å²) in [6.45, 7) is 4.57. The van der Waals surface area contributed by atoms with Gasteiger partial charge in [0.1, 0.15) is 11.6 Å². The van der Waals surface area contributed by atoms with Gasteiger partial charge in [-0.1, -0.05) is 54.1 Å². The van der Waals surface area contributed by atoms with Crippen LogP contribution in [0, 0.1) is 25.2 Å². The van der Waals surface area contributed by atoms with Gasteiger partial charge in [0.15, 0.2) is 0 Å². The minimum Gasteiger partial charge on any atom is -0.342 e. The standard InChI is InChI=1S/C27H22ClN3O/c1-18-7-5-11-25(19(18)2)30-27(32)21(15-29)14-22-17-31(26-12-4-3-10-24(22)26)16-20-8-6-9-23(28)13-20/h3-14,17H,16H2,1-2H3,(H,30,32)/b21-14+. The molecule has 0 bridgehead atoms. The number of rotatable bonds is 5. The Morgan fingerprint density at radius 2 is 1.88 bits per heavy atom. The Kier molecular flexibility index (Phi) is 6.11. The Morgan fingerprint density at radius 1 is 1.09 bits per heavy atom. The normalized spacial score (nSPS) is 11.4. The molecule has 1 heterocycles. The molecule has 32 heavy (non-hydrogen) atoms. The summed E-state index contributed by atoms with van der Waals surface area (Å²) in [5.41, 5.74) is 5.73. The van der Waals surface area contributed by atoms with Crippen molar-refractivity contribution in [3.8, 4) is 6.07 Å². The molecule has 0 spiro atoms. The topological polar surface area (TPSA) is 57.8 Å². The van der Waals surface area contributed by atoms with Crippen LogP contribution in [0.1, 0.15) is 22.3 Å². The fourth-order valence-corrected chi connectivity index (χ4v) is 3.95. The van der Waals surface area contributed by atoms with Gasteiger partial charge < -0.3 is 9.88 Å². The molecule has 3 aromatic carbocycles. The van der Waals surface area contributed by atoms with Crippen molar-refractivity contribution < 1.29 is 4.79 Å². The number of para-hydroxylation sites is 1. The Balaban J connectivity index is 1.69. The first-order valence-electron chi connectivity index (χ1n) is 10.3. The van der Waals surface area contributed by atoms with E-state index in [1.54, 1.807) is 6.08 Å². The number of nitrogens with one attached hydrogen (secondary N) is 1. The Labute approximate surface area is 192 Å². The summed E-state index contributed by atoms with van der Waals surface area (Å²) in [7, 11) is 0. The molecule has 1 N–H and O–H groups in total. The number of aryl methyl sites for hydroxylation is 1. The van der Waals surface area contributed by atoms with E-state index in [-0.39, 0.29) is 5.57 Å². The highest BCUT2D eigenvalue weighted by Gasteiger charge is 2.14. The Hall–Kier alpha value is -3.81. The molecule has 4 nitrogen and oxygen atoms in total. The second kappa shape index (κ2) is 9.13. The maximum Gasteiger partial charge on any atom is 0.266 e. The monoisotopic (exact) mass is 439 g/mol. The summed E-state index contributed by atoms with van der Waals surface area (Å²) < 4.78 is 2.10. The van der Waals surface area contributed by atoms with Crippen LogP contribution in [0.4, 0.5) is 5.69 Å². The van der Waals surface area contributed by atoms with Crippen LogP contribution in [-0.2, 0) is 11.3 Å². The van der Waals surface area contributed by atoms with Crippen molar-refractivity contribution >= 4 is 40.2 Å². The van der Waals surface area contributed by atoms with Crippen LogP contribution in [0.5, 0.6) is 0 Å². The predicted molar refractivity (Wildman–Crippen MR) is 131 cm³/mol. The maximum atomic E-state index is 12.9. The van der Waals surface area contributed by atoms with E-state index in [4.69, 9.17) is 11.6 Å². The quantitative estimate of drug-likeness (QED) is 0.285. The summed E-state index contributed by atoms with van der Waals surface area (Å²) in [4.78, 5) is 12.9. The third-order valence-electron chi connectivity index (χ3n) is 5.58. The van der Waals surface area contributed by atoms with Gasteiger partial charge in [-0.3, -0.25) is 4.79 Å². The molecular formula is C27H22ClN3O. The van der Waals surface area contributed by atoms with Crippen molar-refractivity contribution in [1.82, 2.24) is 4.57 Å². The van der Waals surface area contributed by atoms with E-state index in [0.717, 1.165) is 33.2 Å². The van der Waals surface area contributed by atoms with Crippen molar-refractivity contribution in [2.45, 2.75) is 20.4 Å². The van der Waals surface area contributed by atoms with Crippen LogP contribution < -0.4 is 5.32 Å².